The molecule has 1 aliphatic rings. The highest BCUT2D eigenvalue weighted by Crippen LogP contribution is 2.22. The summed E-state index contributed by atoms with van der Waals surface area (Å²) in [4.78, 5) is 30.5. The van der Waals surface area contributed by atoms with E-state index in [0.29, 0.717) is 19.5 Å². The van der Waals surface area contributed by atoms with Crippen molar-refractivity contribution in [3.05, 3.63) is 52.7 Å². The minimum Gasteiger partial charge on any atom is -0.369 e. The summed E-state index contributed by atoms with van der Waals surface area (Å²) in [5, 5.41) is 9.21. The zero-order valence-corrected chi connectivity index (χ0v) is 15.2. The molecule has 0 radical (unpaired) electrons. The molecule has 2 N–H and O–H groups in total. The molecule has 0 bridgehead atoms. The summed E-state index contributed by atoms with van der Waals surface area (Å²) in [5.74, 6) is 0.929. The van der Waals surface area contributed by atoms with E-state index in [1.54, 1.807) is 6.20 Å². The molecule has 8 heteroatoms. The van der Waals surface area contributed by atoms with Crippen LogP contribution in [0.15, 0.2) is 41.3 Å². The first-order valence-corrected chi connectivity index (χ1v) is 9.09. The van der Waals surface area contributed by atoms with E-state index in [2.05, 4.69) is 25.1 Å². The maximum absolute atomic E-state index is 12.5. The number of nitrogens with zero attached hydrogens (tertiary/aromatic N) is 4. The van der Waals surface area contributed by atoms with Gasteiger partial charge in [-0.1, -0.05) is 12.1 Å². The van der Waals surface area contributed by atoms with E-state index in [0.717, 1.165) is 35.5 Å². The zero-order valence-electron chi connectivity index (χ0n) is 15.2. The van der Waals surface area contributed by atoms with E-state index in [-0.39, 0.29) is 17.4 Å². The van der Waals surface area contributed by atoms with Crippen LogP contribution < -0.4 is 15.8 Å². The van der Waals surface area contributed by atoms with E-state index < -0.39 is 0 Å². The normalized spacial score (nSPS) is 16.8. The lowest BCUT2D eigenvalue weighted by atomic mass is 10.1. The van der Waals surface area contributed by atoms with Crippen molar-refractivity contribution in [3.63, 3.8) is 0 Å². The second-order valence-corrected chi connectivity index (χ2v) is 6.85. The van der Waals surface area contributed by atoms with E-state index in [1.807, 2.05) is 36.2 Å². The molecule has 0 spiro atoms. The number of H-pyrrole nitrogens is 1. The summed E-state index contributed by atoms with van der Waals surface area (Å²) in [7, 11) is 2.00. The monoisotopic (exact) mass is 366 g/mol. The quantitative estimate of drug-likeness (QED) is 0.698. The smallest absolute Gasteiger partial charge is 0.266 e. The number of anilines is 1. The maximum Gasteiger partial charge on any atom is 0.266 e. The van der Waals surface area contributed by atoms with Gasteiger partial charge in [0.25, 0.3) is 5.56 Å². The molecule has 1 aromatic carbocycles. The van der Waals surface area contributed by atoms with Crippen molar-refractivity contribution in [2.45, 2.75) is 12.8 Å². The summed E-state index contributed by atoms with van der Waals surface area (Å²) in [6.45, 7) is 1.90. The van der Waals surface area contributed by atoms with E-state index in [9.17, 15) is 9.59 Å². The third-order valence-electron chi connectivity index (χ3n) is 5.10. The van der Waals surface area contributed by atoms with Crippen molar-refractivity contribution < 1.29 is 4.79 Å². The molecule has 0 saturated carbocycles. The molecule has 8 nitrogen and oxygen atoms in total. The second-order valence-electron chi connectivity index (χ2n) is 6.85. The minimum atomic E-state index is -0.233. The number of aryl methyl sites for hydroxylation is 1. The number of carbonyl (C=O) groups is 1. The Hall–Kier alpha value is -3.16. The molecule has 1 saturated heterocycles. The Morgan fingerprint density at radius 3 is 3.04 bits per heavy atom. The number of nitrogens with one attached hydrogen (secondary N) is 2. The van der Waals surface area contributed by atoms with E-state index in [4.69, 9.17) is 0 Å². The fraction of sp³-hybridized carbons (Fsp3) is 0.368. The van der Waals surface area contributed by atoms with Crippen LogP contribution >= 0.6 is 0 Å². The first-order chi connectivity index (χ1) is 13.1. The number of imidazole rings is 1. The van der Waals surface area contributed by atoms with Crippen LogP contribution in [0.4, 0.5) is 5.69 Å². The Morgan fingerprint density at radius 1 is 1.37 bits per heavy atom. The highest BCUT2D eigenvalue weighted by molar-refractivity contribution is 5.80. The largest absolute Gasteiger partial charge is 0.369 e. The number of aromatic amines is 1. The number of aromatic nitrogens is 4. The third kappa shape index (κ3) is 3.55. The van der Waals surface area contributed by atoms with Crippen LogP contribution in [0.3, 0.4) is 0 Å². The molecular weight excluding hydrogens is 344 g/mol. The van der Waals surface area contributed by atoms with Gasteiger partial charge in [0.15, 0.2) is 0 Å². The molecule has 0 aliphatic carbocycles. The molecule has 1 amide bonds. The average Bonchev–Trinajstić information content (AvgIpc) is 3.28. The number of hydrogen-bond acceptors (Lipinski definition) is 5. The third-order valence-corrected chi connectivity index (χ3v) is 5.10. The van der Waals surface area contributed by atoms with E-state index >= 15 is 0 Å². The van der Waals surface area contributed by atoms with Crippen LogP contribution in [-0.2, 0) is 18.3 Å². The number of carbonyl (C=O) groups excluding carboxylic acids is 1. The van der Waals surface area contributed by atoms with Crippen LogP contribution in [0, 0.1) is 5.92 Å². The number of hydrogen-bond donors (Lipinski definition) is 2. The van der Waals surface area contributed by atoms with Crippen LogP contribution in [0.25, 0.3) is 11.0 Å². The number of fused-ring (bicyclic) bond motifs is 1. The van der Waals surface area contributed by atoms with Crippen LogP contribution in [0.2, 0.25) is 0 Å². The van der Waals surface area contributed by atoms with Gasteiger partial charge in [0.05, 0.1) is 28.8 Å². The van der Waals surface area contributed by atoms with E-state index in [1.165, 1.54) is 6.07 Å². The van der Waals surface area contributed by atoms with Gasteiger partial charge >= 0.3 is 0 Å². The maximum atomic E-state index is 12.5. The Bertz CT molecular complexity index is 1020. The molecule has 2 aromatic heterocycles. The zero-order chi connectivity index (χ0) is 18.8. The average molecular weight is 366 g/mol. The van der Waals surface area contributed by atoms with Gasteiger partial charge in [-0.2, -0.15) is 5.10 Å². The van der Waals surface area contributed by atoms with Crippen molar-refractivity contribution in [2.75, 3.05) is 24.5 Å². The Morgan fingerprint density at radius 2 is 2.22 bits per heavy atom. The molecule has 1 unspecified atom stereocenters. The summed E-state index contributed by atoms with van der Waals surface area (Å²) >= 11 is 0. The van der Waals surface area contributed by atoms with Crippen molar-refractivity contribution >= 4 is 22.6 Å². The SMILES string of the molecule is Cn1c(CCNC(=O)C2CCN(c3cn[nH]c(=O)c3)C2)nc2ccccc21. The van der Waals surface area contributed by atoms with Gasteiger partial charge in [0.2, 0.25) is 5.91 Å². The second kappa shape index (κ2) is 7.22. The van der Waals surface area contributed by atoms with Crippen LogP contribution in [-0.4, -0.2) is 45.3 Å². The summed E-state index contributed by atoms with van der Waals surface area (Å²) in [6.07, 6.45) is 3.07. The number of rotatable bonds is 5. The highest BCUT2D eigenvalue weighted by Gasteiger charge is 2.28. The standard InChI is InChI=1S/C19H22N6O2/c1-24-16-5-3-2-4-15(16)22-17(24)6-8-20-19(27)13-7-9-25(12-13)14-10-18(26)23-21-11-14/h2-5,10-11,13H,6-9,12H2,1H3,(H,20,27)(H,23,26). The lowest BCUT2D eigenvalue weighted by Gasteiger charge is -2.17. The molecule has 3 heterocycles. The Labute approximate surface area is 156 Å². The van der Waals surface area contributed by atoms with Crippen molar-refractivity contribution in [1.82, 2.24) is 25.1 Å². The molecule has 4 rings (SSSR count). The van der Waals surface area contributed by atoms with Gasteiger partial charge in [-0.05, 0) is 18.6 Å². The van der Waals surface area contributed by atoms with Gasteiger partial charge in [-0.25, -0.2) is 10.1 Å². The molecular formula is C19H22N6O2. The molecule has 3 aromatic rings. The molecule has 1 atom stereocenters. The van der Waals surface area contributed by atoms with Gasteiger partial charge < -0.3 is 14.8 Å². The van der Waals surface area contributed by atoms with Gasteiger partial charge in [-0.15, -0.1) is 0 Å². The summed E-state index contributed by atoms with van der Waals surface area (Å²) in [5.41, 5.74) is 2.59. The summed E-state index contributed by atoms with van der Waals surface area (Å²) in [6, 6.07) is 9.52. The number of para-hydroxylation sites is 2. The molecule has 140 valence electrons. The van der Waals surface area contributed by atoms with Crippen molar-refractivity contribution in [3.8, 4) is 0 Å². The van der Waals surface area contributed by atoms with Gasteiger partial charge in [0.1, 0.15) is 5.82 Å². The number of amides is 1. The van der Waals surface area contributed by atoms with Crippen LogP contribution in [0.1, 0.15) is 12.2 Å². The highest BCUT2D eigenvalue weighted by atomic mass is 16.2. The Balaban J connectivity index is 1.32. The first-order valence-electron chi connectivity index (χ1n) is 9.09. The minimum absolute atomic E-state index is 0.0501. The fourth-order valence-electron chi connectivity index (χ4n) is 3.61. The predicted molar refractivity (Wildman–Crippen MR) is 103 cm³/mol. The first kappa shape index (κ1) is 17.3. The van der Waals surface area contributed by atoms with Crippen molar-refractivity contribution in [2.24, 2.45) is 13.0 Å². The van der Waals surface area contributed by atoms with Crippen LogP contribution in [0.5, 0.6) is 0 Å². The van der Waals surface area contributed by atoms with Gasteiger partial charge in [0, 0.05) is 39.2 Å². The Kier molecular flexibility index (Phi) is 4.62. The molecule has 27 heavy (non-hydrogen) atoms. The summed E-state index contributed by atoms with van der Waals surface area (Å²) < 4.78 is 2.07. The predicted octanol–water partition coefficient (Wildman–Crippen LogP) is 0.842. The molecule has 1 aliphatic heterocycles. The fourth-order valence-corrected chi connectivity index (χ4v) is 3.61. The lowest BCUT2D eigenvalue weighted by Crippen LogP contribution is -2.34. The topological polar surface area (TPSA) is 95.9 Å². The van der Waals surface area contributed by atoms with Gasteiger partial charge in [-0.3, -0.25) is 9.59 Å². The molecule has 1 fully saturated rings. The van der Waals surface area contributed by atoms with Crippen molar-refractivity contribution in [1.29, 1.82) is 0 Å². The lowest BCUT2D eigenvalue weighted by molar-refractivity contribution is -0.124. The number of benzene rings is 1.